The van der Waals surface area contributed by atoms with Crippen molar-refractivity contribution in [3.63, 3.8) is 0 Å². The number of hydrogen-bond acceptors (Lipinski definition) is 3. The number of nitrogens with zero attached hydrogens (tertiary/aromatic N) is 4. The van der Waals surface area contributed by atoms with E-state index in [1.54, 1.807) is 29.1 Å². The third-order valence-corrected chi connectivity index (χ3v) is 3.03. The zero-order valence-corrected chi connectivity index (χ0v) is 10.7. The zero-order chi connectivity index (χ0) is 13.2. The highest BCUT2D eigenvalue weighted by Crippen LogP contribution is 2.16. The lowest BCUT2D eigenvalue weighted by Crippen LogP contribution is -2.03. The van der Waals surface area contributed by atoms with Crippen LogP contribution in [0.2, 0.25) is 5.02 Å². The topological polar surface area (TPSA) is 54.5 Å². The van der Waals surface area contributed by atoms with Gasteiger partial charge in [-0.2, -0.15) is 20.3 Å². The molecule has 3 aromatic rings. The molecular formula is C14H9ClN4. The maximum absolute atomic E-state index is 8.75. The van der Waals surface area contributed by atoms with Crippen molar-refractivity contribution in [1.29, 1.82) is 5.26 Å². The number of nitriles is 1. The van der Waals surface area contributed by atoms with Crippen LogP contribution in [0.1, 0.15) is 11.1 Å². The van der Waals surface area contributed by atoms with Gasteiger partial charge in [0.15, 0.2) is 0 Å². The Balaban J connectivity index is 1.90. The highest BCUT2D eigenvalue weighted by molar-refractivity contribution is 6.31. The molecule has 2 aromatic carbocycles. The molecule has 3 rings (SSSR count). The van der Waals surface area contributed by atoms with Crippen LogP contribution in [0.25, 0.3) is 11.0 Å². The molecule has 0 aliphatic heterocycles. The second-order valence-corrected chi connectivity index (χ2v) is 4.61. The van der Waals surface area contributed by atoms with Gasteiger partial charge in [0, 0.05) is 5.02 Å². The first-order chi connectivity index (χ1) is 9.24. The molecule has 0 spiro atoms. The van der Waals surface area contributed by atoms with Gasteiger partial charge in [0.1, 0.15) is 11.0 Å². The molecule has 0 radical (unpaired) electrons. The molecule has 4 nitrogen and oxygen atoms in total. The summed E-state index contributed by atoms with van der Waals surface area (Å²) in [6, 6.07) is 14.9. The van der Waals surface area contributed by atoms with Crippen LogP contribution in [-0.4, -0.2) is 15.0 Å². The minimum atomic E-state index is 0.567. The van der Waals surface area contributed by atoms with Gasteiger partial charge in [-0.1, -0.05) is 23.7 Å². The number of halogens is 1. The standard InChI is InChI=1S/C14H9ClN4/c15-12-5-6-13-14(7-12)18-19(17-13)9-11-3-1-10(8-16)2-4-11/h1-7H,9H2. The van der Waals surface area contributed by atoms with Crippen molar-refractivity contribution in [2.75, 3.05) is 0 Å². The summed E-state index contributed by atoms with van der Waals surface area (Å²) in [7, 11) is 0. The molecule has 0 bridgehead atoms. The Morgan fingerprint density at radius 1 is 1.05 bits per heavy atom. The van der Waals surface area contributed by atoms with Gasteiger partial charge in [0.25, 0.3) is 0 Å². The van der Waals surface area contributed by atoms with Crippen LogP contribution >= 0.6 is 11.6 Å². The van der Waals surface area contributed by atoms with Crippen LogP contribution in [0.15, 0.2) is 42.5 Å². The van der Waals surface area contributed by atoms with E-state index in [2.05, 4.69) is 16.3 Å². The SMILES string of the molecule is N#Cc1ccc(Cn2nc3ccc(Cl)cc3n2)cc1. The number of benzene rings is 2. The van der Waals surface area contributed by atoms with E-state index in [9.17, 15) is 0 Å². The van der Waals surface area contributed by atoms with Crippen LogP contribution < -0.4 is 0 Å². The molecule has 0 unspecified atom stereocenters. The van der Waals surface area contributed by atoms with E-state index in [4.69, 9.17) is 16.9 Å². The van der Waals surface area contributed by atoms with Gasteiger partial charge < -0.3 is 0 Å². The summed E-state index contributed by atoms with van der Waals surface area (Å²) in [5, 5.41) is 18.1. The van der Waals surface area contributed by atoms with E-state index in [1.165, 1.54) is 0 Å². The summed E-state index contributed by atoms with van der Waals surface area (Å²) in [5.41, 5.74) is 3.29. The summed E-state index contributed by atoms with van der Waals surface area (Å²) in [6.45, 7) is 0.567. The highest BCUT2D eigenvalue weighted by Gasteiger charge is 2.04. The molecule has 1 aromatic heterocycles. The third kappa shape index (κ3) is 2.42. The molecule has 19 heavy (non-hydrogen) atoms. The second kappa shape index (κ2) is 4.71. The lowest BCUT2D eigenvalue weighted by molar-refractivity contribution is 0.600. The first kappa shape index (κ1) is 11.7. The maximum Gasteiger partial charge on any atom is 0.114 e. The molecule has 0 atom stereocenters. The van der Waals surface area contributed by atoms with E-state index in [-0.39, 0.29) is 0 Å². The first-order valence-corrected chi connectivity index (χ1v) is 6.12. The molecular weight excluding hydrogens is 260 g/mol. The van der Waals surface area contributed by atoms with E-state index in [0.29, 0.717) is 17.1 Å². The molecule has 0 aliphatic carbocycles. The summed E-state index contributed by atoms with van der Waals surface area (Å²) >= 11 is 5.91. The predicted octanol–water partition coefficient (Wildman–Crippen LogP) is 3.00. The summed E-state index contributed by atoms with van der Waals surface area (Å²) in [4.78, 5) is 1.63. The molecule has 5 heteroatoms. The average molecular weight is 269 g/mol. The number of rotatable bonds is 2. The summed E-state index contributed by atoms with van der Waals surface area (Å²) < 4.78 is 0. The Morgan fingerprint density at radius 3 is 2.53 bits per heavy atom. The fraction of sp³-hybridized carbons (Fsp3) is 0.0714. The molecule has 0 N–H and O–H groups in total. The molecule has 1 heterocycles. The summed E-state index contributed by atoms with van der Waals surface area (Å²) in [5.74, 6) is 0. The lowest BCUT2D eigenvalue weighted by atomic mass is 10.1. The van der Waals surface area contributed by atoms with Gasteiger partial charge in [-0.15, -0.1) is 0 Å². The van der Waals surface area contributed by atoms with Gasteiger partial charge in [-0.25, -0.2) is 0 Å². The molecule has 0 amide bonds. The largest absolute Gasteiger partial charge is 0.192 e. The minimum absolute atomic E-state index is 0.567. The molecule has 0 aliphatic rings. The van der Waals surface area contributed by atoms with Gasteiger partial charge in [-0.05, 0) is 35.9 Å². The lowest BCUT2D eigenvalue weighted by Gasteiger charge is -1.99. The van der Waals surface area contributed by atoms with Gasteiger partial charge in [-0.3, -0.25) is 0 Å². The van der Waals surface area contributed by atoms with E-state index < -0.39 is 0 Å². The van der Waals surface area contributed by atoms with Crippen LogP contribution in [0.4, 0.5) is 0 Å². The summed E-state index contributed by atoms with van der Waals surface area (Å²) in [6.07, 6.45) is 0. The quantitative estimate of drug-likeness (QED) is 0.718. The van der Waals surface area contributed by atoms with Crippen molar-refractivity contribution in [1.82, 2.24) is 15.0 Å². The van der Waals surface area contributed by atoms with Crippen LogP contribution in [-0.2, 0) is 6.54 Å². The van der Waals surface area contributed by atoms with Crippen molar-refractivity contribution in [3.05, 3.63) is 58.6 Å². The number of fused-ring (bicyclic) bond motifs is 1. The van der Waals surface area contributed by atoms with E-state index in [1.807, 2.05) is 18.2 Å². The maximum atomic E-state index is 8.75. The Labute approximate surface area is 114 Å². The van der Waals surface area contributed by atoms with Crippen molar-refractivity contribution < 1.29 is 0 Å². The predicted molar refractivity (Wildman–Crippen MR) is 72.8 cm³/mol. The highest BCUT2D eigenvalue weighted by atomic mass is 35.5. The fourth-order valence-corrected chi connectivity index (χ4v) is 2.02. The van der Waals surface area contributed by atoms with Crippen molar-refractivity contribution in [3.8, 4) is 6.07 Å². The van der Waals surface area contributed by atoms with Crippen molar-refractivity contribution >= 4 is 22.6 Å². The van der Waals surface area contributed by atoms with E-state index in [0.717, 1.165) is 16.6 Å². The normalized spacial score (nSPS) is 10.5. The Morgan fingerprint density at radius 2 is 1.79 bits per heavy atom. The van der Waals surface area contributed by atoms with Crippen molar-refractivity contribution in [2.45, 2.75) is 6.54 Å². The average Bonchev–Trinajstić information content (AvgIpc) is 2.81. The third-order valence-electron chi connectivity index (χ3n) is 2.79. The molecule has 0 fully saturated rings. The van der Waals surface area contributed by atoms with Crippen molar-refractivity contribution in [2.24, 2.45) is 0 Å². The molecule has 92 valence electrons. The van der Waals surface area contributed by atoms with Gasteiger partial charge in [0.05, 0.1) is 18.2 Å². The van der Waals surface area contributed by atoms with Gasteiger partial charge in [0.2, 0.25) is 0 Å². The van der Waals surface area contributed by atoms with E-state index >= 15 is 0 Å². The van der Waals surface area contributed by atoms with Crippen LogP contribution in [0, 0.1) is 11.3 Å². The zero-order valence-electron chi connectivity index (χ0n) is 9.92. The van der Waals surface area contributed by atoms with Crippen LogP contribution in [0.5, 0.6) is 0 Å². The number of hydrogen-bond donors (Lipinski definition) is 0. The first-order valence-electron chi connectivity index (χ1n) is 5.74. The number of aromatic nitrogens is 3. The Hall–Kier alpha value is -2.38. The fourth-order valence-electron chi connectivity index (χ4n) is 1.85. The Bertz CT molecular complexity index is 768. The van der Waals surface area contributed by atoms with Gasteiger partial charge >= 0.3 is 0 Å². The van der Waals surface area contributed by atoms with Crippen LogP contribution in [0.3, 0.4) is 0 Å². The minimum Gasteiger partial charge on any atom is -0.192 e. The smallest absolute Gasteiger partial charge is 0.114 e. The Kier molecular flexibility index (Phi) is 2.90. The molecule has 0 saturated heterocycles. The second-order valence-electron chi connectivity index (χ2n) is 4.17. The molecule has 0 saturated carbocycles. The monoisotopic (exact) mass is 268 g/mol.